The van der Waals surface area contributed by atoms with Gasteiger partial charge in [0, 0.05) is 16.6 Å². The molecule has 1 N–H and O–H groups in total. The van der Waals surface area contributed by atoms with E-state index in [0.717, 1.165) is 5.56 Å². The van der Waals surface area contributed by atoms with Crippen molar-refractivity contribution in [2.24, 2.45) is 0 Å². The van der Waals surface area contributed by atoms with Crippen molar-refractivity contribution in [2.45, 2.75) is 11.3 Å². The van der Waals surface area contributed by atoms with Crippen LogP contribution in [0.5, 0.6) is 0 Å². The van der Waals surface area contributed by atoms with E-state index in [4.69, 9.17) is 34.8 Å². The summed E-state index contributed by atoms with van der Waals surface area (Å²) in [6.45, 7) is 0.242. The predicted octanol–water partition coefficient (Wildman–Crippen LogP) is 4.17. The number of rotatable bonds is 5. The average molecular weight is 365 g/mol. The lowest BCUT2D eigenvalue weighted by atomic mass is 10.2. The van der Waals surface area contributed by atoms with Crippen LogP contribution < -0.4 is 4.72 Å². The summed E-state index contributed by atoms with van der Waals surface area (Å²) >= 11 is 17.6. The van der Waals surface area contributed by atoms with Gasteiger partial charge in [0.2, 0.25) is 10.0 Å². The van der Waals surface area contributed by atoms with Gasteiger partial charge in [-0.1, -0.05) is 46.9 Å². The fourth-order valence-corrected chi connectivity index (χ4v) is 3.79. The number of hydrogen-bond donors (Lipinski definition) is 1. The second-order valence-electron chi connectivity index (χ2n) is 4.35. The molecule has 0 atom stereocenters. The molecule has 0 amide bonds. The van der Waals surface area contributed by atoms with Crippen molar-refractivity contribution < 1.29 is 8.42 Å². The molecule has 0 spiro atoms. The first-order valence-electron chi connectivity index (χ1n) is 6.08. The van der Waals surface area contributed by atoms with E-state index in [0.29, 0.717) is 16.5 Å². The van der Waals surface area contributed by atoms with Crippen LogP contribution in [0.4, 0.5) is 0 Å². The highest BCUT2D eigenvalue weighted by molar-refractivity contribution is 7.89. The molecular weight excluding hydrogens is 353 g/mol. The minimum absolute atomic E-state index is 0.0252. The van der Waals surface area contributed by atoms with Gasteiger partial charge in [-0.3, -0.25) is 0 Å². The van der Waals surface area contributed by atoms with Crippen LogP contribution in [0.25, 0.3) is 0 Å². The lowest BCUT2D eigenvalue weighted by Crippen LogP contribution is -2.26. The van der Waals surface area contributed by atoms with Gasteiger partial charge in [0.25, 0.3) is 0 Å². The van der Waals surface area contributed by atoms with Crippen LogP contribution in [0.15, 0.2) is 47.4 Å². The van der Waals surface area contributed by atoms with Crippen LogP contribution in [-0.4, -0.2) is 15.0 Å². The standard InChI is InChI=1S/C14H12Cl3NO2S/c15-11-3-1-2-10(8-11)6-7-18-21(19,20)14-9-12(16)4-5-13(14)17/h1-5,8-9,18H,6-7H2. The molecule has 0 aliphatic rings. The Kier molecular flexibility index (Phi) is 5.52. The van der Waals surface area contributed by atoms with Gasteiger partial charge >= 0.3 is 0 Å². The molecule has 0 radical (unpaired) electrons. The molecule has 2 aromatic rings. The molecule has 112 valence electrons. The number of sulfonamides is 1. The largest absolute Gasteiger partial charge is 0.242 e. The molecule has 21 heavy (non-hydrogen) atoms. The third kappa shape index (κ3) is 4.59. The molecule has 7 heteroatoms. The second-order valence-corrected chi connectivity index (χ2v) is 7.37. The first-order chi connectivity index (χ1) is 9.88. The van der Waals surface area contributed by atoms with Crippen LogP contribution >= 0.6 is 34.8 Å². The highest BCUT2D eigenvalue weighted by Gasteiger charge is 2.17. The van der Waals surface area contributed by atoms with E-state index in [2.05, 4.69) is 4.72 Å². The van der Waals surface area contributed by atoms with E-state index >= 15 is 0 Å². The van der Waals surface area contributed by atoms with E-state index in [1.54, 1.807) is 12.1 Å². The molecule has 0 unspecified atom stereocenters. The average Bonchev–Trinajstić information content (AvgIpc) is 2.41. The molecule has 0 saturated heterocycles. The number of hydrogen-bond acceptors (Lipinski definition) is 2. The van der Waals surface area contributed by atoms with Crippen LogP contribution in [0.1, 0.15) is 5.56 Å². The Morgan fingerprint density at radius 1 is 0.952 bits per heavy atom. The quantitative estimate of drug-likeness (QED) is 0.865. The summed E-state index contributed by atoms with van der Waals surface area (Å²) in [4.78, 5) is -0.0252. The predicted molar refractivity (Wildman–Crippen MR) is 86.8 cm³/mol. The maximum atomic E-state index is 12.2. The SMILES string of the molecule is O=S(=O)(NCCc1cccc(Cl)c1)c1cc(Cl)ccc1Cl. The number of halogens is 3. The van der Waals surface area contributed by atoms with Crippen molar-refractivity contribution in [1.82, 2.24) is 4.72 Å². The van der Waals surface area contributed by atoms with Gasteiger partial charge in [0.05, 0.1) is 5.02 Å². The van der Waals surface area contributed by atoms with Gasteiger partial charge in [-0.05, 0) is 42.3 Å². The van der Waals surface area contributed by atoms with Gasteiger partial charge in [-0.25, -0.2) is 13.1 Å². The lowest BCUT2D eigenvalue weighted by Gasteiger charge is -2.09. The highest BCUT2D eigenvalue weighted by Crippen LogP contribution is 2.24. The zero-order valence-electron chi connectivity index (χ0n) is 10.8. The Labute approximate surface area is 138 Å². The number of nitrogens with one attached hydrogen (secondary N) is 1. The maximum absolute atomic E-state index is 12.2. The maximum Gasteiger partial charge on any atom is 0.242 e. The van der Waals surface area contributed by atoms with Crippen molar-refractivity contribution in [3.8, 4) is 0 Å². The molecule has 0 aromatic heterocycles. The summed E-state index contributed by atoms with van der Waals surface area (Å²) in [6.07, 6.45) is 0.526. The summed E-state index contributed by atoms with van der Waals surface area (Å²) in [6, 6.07) is 11.6. The summed E-state index contributed by atoms with van der Waals surface area (Å²) in [5.74, 6) is 0. The van der Waals surface area contributed by atoms with Crippen molar-refractivity contribution in [3.05, 3.63) is 63.1 Å². The fraction of sp³-hybridized carbons (Fsp3) is 0.143. The van der Waals surface area contributed by atoms with Crippen LogP contribution in [0.3, 0.4) is 0 Å². The van der Waals surface area contributed by atoms with E-state index in [-0.39, 0.29) is 16.5 Å². The van der Waals surface area contributed by atoms with Gasteiger partial charge in [-0.15, -0.1) is 0 Å². The Balaban J connectivity index is 2.06. The molecule has 0 aliphatic carbocycles. The fourth-order valence-electron chi connectivity index (χ4n) is 1.78. The van der Waals surface area contributed by atoms with Crippen LogP contribution in [0.2, 0.25) is 15.1 Å². The van der Waals surface area contributed by atoms with E-state index in [9.17, 15) is 8.42 Å². The Morgan fingerprint density at radius 2 is 1.67 bits per heavy atom. The van der Waals surface area contributed by atoms with Gasteiger partial charge in [-0.2, -0.15) is 0 Å². The van der Waals surface area contributed by atoms with Gasteiger partial charge < -0.3 is 0 Å². The summed E-state index contributed by atoms with van der Waals surface area (Å²) in [5.41, 5.74) is 0.947. The van der Waals surface area contributed by atoms with Gasteiger partial charge in [0.15, 0.2) is 0 Å². The van der Waals surface area contributed by atoms with Crippen molar-refractivity contribution in [1.29, 1.82) is 0 Å². The van der Waals surface area contributed by atoms with E-state index < -0.39 is 10.0 Å². The molecule has 0 heterocycles. The molecule has 3 nitrogen and oxygen atoms in total. The van der Waals surface area contributed by atoms with Crippen LogP contribution in [-0.2, 0) is 16.4 Å². The zero-order chi connectivity index (χ0) is 15.5. The molecule has 2 rings (SSSR count). The van der Waals surface area contributed by atoms with Crippen molar-refractivity contribution >= 4 is 44.8 Å². The number of benzene rings is 2. The first-order valence-corrected chi connectivity index (χ1v) is 8.69. The van der Waals surface area contributed by atoms with Gasteiger partial charge in [0.1, 0.15) is 4.90 Å². The minimum Gasteiger partial charge on any atom is -0.211 e. The first kappa shape index (κ1) is 16.6. The molecule has 2 aromatic carbocycles. The second kappa shape index (κ2) is 6.99. The highest BCUT2D eigenvalue weighted by atomic mass is 35.5. The zero-order valence-corrected chi connectivity index (χ0v) is 13.9. The van der Waals surface area contributed by atoms with Crippen molar-refractivity contribution in [3.63, 3.8) is 0 Å². The Hall–Kier alpha value is -0.780. The summed E-state index contributed by atoms with van der Waals surface area (Å²) in [5, 5.41) is 1.07. The third-order valence-corrected chi connectivity index (χ3v) is 5.19. The Morgan fingerprint density at radius 3 is 2.38 bits per heavy atom. The van der Waals surface area contributed by atoms with Crippen molar-refractivity contribution in [2.75, 3.05) is 6.54 Å². The lowest BCUT2D eigenvalue weighted by molar-refractivity contribution is 0.581. The van der Waals surface area contributed by atoms with E-state index in [1.165, 1.54) is 18.2 Å². The normalized spacial score (nSPS) is 11.6. The molecular formula is C14H12Cl3NO2S. The molecule has 0 saturated carbocycles. The Bertz CT molecular complexity index is 748. The smallest absolute Gasteiger partial charge is 0.211 e. The van der Waals surface area contributed by atoms with E-state index in [1.807, 2.05) is 12.1 Å². The monoisotopic (exact) mass is 363 g/mol. The third-order valence-electron chi connectivity index (χ3n) is 2.78. The minimum atomic E-state index is -3.69. The van der Waals surface area contributed by atoms with Crippen LogP contribution in [0, 0.1) is 0 Å². The summed E-state index contributed by atoms with van der Waals surface area (Å²) in [7, 11) is -3.69. The molecule has 0 fully saturated rings. The topological polar surface area (TPSA) is 46.2 Å². The molecule has 0 bridgehead atoms. The molecule has 0 aliphatic heterocycles. The summed E-state index contributed by atoms with van der Waals surface area (Å²) < 4.78 is 26.9.